The second-order valence-corrected chi connectivity index (χ2v) is 14.5. The molecule has 1 heterocycles. The number of fused-ring (bicyclic) bond motifs is 1. The van der Waals surface area contributed by atoms with Crippen LogP contribution in [0.25, 0.3) is 10.1 Å². The Morgan fingerprint density at radius 2 is 1.44 bits per heavy atom. The number of thiophene rings is 1. The van der Waals surface area contributed by atoms with Crippen LogP contribution in [0.2, 0.25) is 10.0 Å². The monoisotopic (exact) mass is 559 g/mol. The normalized spacial score (nSPS) is 12.6. The minimum Gasteiger partial charge on any atom is -0.321 e. The van der Waals surface area contributed by atoms with Crippen molar-refractivity contribution in [3.63, 3.8) is 0 Å². The summed E-state index contributed by atoms with van der Waals surface area (Å²) in [7, 11) is -3.31. The van der Waals surface area contributed by atoms with Crippen molar-refractivity contribution in [1.29, 1.82) is 0 Å². The first-order valence-corrected chi connectivity index (χ1v) is 14.8. The van der Waals surface area contributed by atoms with Gasteiger partial charge in [-0.05, 0) is 84.5 Å². The van der Waals surface area contributed by atoms with Crippen LogP contribution in [-0.4, -0.2) is 20.6 Å². The molecule has 0 bridgehead atoms. The van der Waals surface area contributed by atoms with Crippen LogP contribution < -0.4 is 5.32 Å². The van der Waals surface area contributed by atoms with E-state index in [0.29, 0.717) is 26.2 Å². The summed E-state index contributed by atoms with van der Waals surface area (Å²) in [4.78, 5) is 13.7. The molecule has 1 N–H and O–H groups in total. The highest BCUT2D eigenvalue weighted by Gasteiger charge is 2.32. The molecule has 0 aliphatic rings. The van der Waals surface area contributed by atoms with Crippen molar-refractivity contribution in [3.05, 3.63) is 98.3 Å². The zero-order valence-corrected chi connectivity index (χ0v) is 23.8. The Morgan fingerprint density at radius 1 is 0.806 bits per heavy atom. The average Bonchev–Trinajstić information content (AvgIpc) is 3.22. The lowest BCUT2D eigenvalue weighted by molar-refractivity contribution is 0.103. The standard InChI is InChI=1S/C28H27Cl2NO3S2/c1-27(2,18-6-9-21(29)10-7-18)20-14-22(30)16-23(15-20)31-26(32)25-13-17-12-19(8-11-24(17)35-25)28(3,4)36(5,33)34/h6-16H,1-5H3,(H,31,32). The Kier molecular flexibility index (Phi) is 7.03. The molecule has 4 rings (SSSR count). The van der Waals surface area contributed by atoms with E-state index in [4.69, 9.17) is 23.2 Å². The van der Waals surface area contributed by atoms with Crippen LogP contribution in [0.3, 0.4) is 0 Å². The van der Waals surface area contributed by atoms with Crippen LogP contribution >= 0.6 is 34.5 Å². The van der Waals surface area contributed by atoms with Gasteiger partial charge in [0.25, 0.3) is 5.91 Å². The van der Waals surface area contributed by atoms with E-state index in [1.807, 2.05) is 54.6 Å². The summed E-state index contributed by atoms with van der Waals surface area (Å²) in [5, 5.41) is 4.99. The topological polar surface area (TPSA) is 63.2 Å². The van der Waals surface area contributed by atoms with Crippen molar-refractivity contribution < 1.29 is 13.2 Å². The van der Waals surface area contributed by atoms with Crippen molar-refractivity contribution in [2.45, 2.75) is 37.9 Å². The van der Waals surface area contributed by atoms with Gasteiger partial charge in [-0.15, -0.1) is 11.3 Å². The second kappa shape index (κ2) is 9.49. The van der Waals surface area contributed by atoms with E-state index in [9.17, 15) is 13.2 Å². The summed E-state index contributed by atoms with van der Waals surface area (Å²) in [5.74, 6) is -0.252. The molecule has 8 heteroatoms. The van der Waals surface area contributed by atoms with Gasteiger partial charge in [0, 0.05) is 32.1 Å². The first-order valence-electron chi connectivity index (χ1n) is 11.3. The molecular formula is C28H27Cl2NO3S2. The minimum atomic E-state index is -3.31. The molecule has 0 saturated carbocycles. The number of benzene rings is 3. The third-order valence-electron chi connectivity index (χ3n) is 6.81. The molecule has 188 valence electrons. The summed E-state index contributed by atoms with van der Waals surface area (Å²) in [6.45, 7) is 7.56. The van der Waals surface area contributed by atoms with Gasteiger partial charge in [0.1, 0.15) is 0 Å². The lowest BCUT2D eigenvalue weighted by Crippen LogP contribution is -2.27. The molecule has 4 nitrogen and oxygen atoms in total. The zero-order valence-electron chi connectivity index (χ0n) is 20.6. The Labute approximate surface area is 226 Å². The summed E-state index contributed by atoms with van der Waals surface area (Å²) in [6, 6.07) is 20.5. The number of carbonyl (C=O) groups is 1. The number of carbonyl (C=O) groups excluding carboxylic acids is 1. The van der Waals surface area contributed by atoms with Crippen molar-refractivity contribution in [2.75, 3.05) is 11.6 Å². The highest BCUT2D eigenvalue weighted by molar-refractivity contribution is 7.91. The van der Waals surface area contributed by atoms with Crippen LogP contribution in [0.4, 0.5) is 5.69 Å². The van der Waals surface area contributed by atoms with Crippen LogP contribution in [0.5, 0.6) is 0 Å². The third kappa shape index (κ3) is 5.18. The van der Waals surface area contributed by atoms with Crippen molar-refractivity contribution in [2.24, 2.45) is 0 Å². The fourth-order valence-corrected chi connectivity index (χ4v) is 5.85. The fraction of sp³-hybridized carbons (Fsp3) is 0.250. The van der Waals surface area contributed by atoms with Gasteiger partial charge in [0.15, 0.2) is 9.84 Å². The summed E-state index contributed by atoms with van der Waals surface area (Å²) < 4.78 is 24.4. The van der Waals surface area contributed by atoms with Gasteiger partial charge in [-0.1, -0.05) is 55.2 Å². The molecular weight excluding hydrogens is 533 g/mol. The van der Waals surface area contributed by atoms with Gasteiger partial charge in [-0.3, -0.25) is 4.79 Å². The van der Waals surface area contributed by atoms with Gasteiger partial charge in [0.2, 0.25) is 0 Å². The minimum absolute atomic E-state index is 0.252. The summed E-state index contributed by atoms with van der Waals surface area (Å²) >= 11 is 13.9. The van der Waals surface area contributed by atoms with E-state index < -0.39 is 14.6 Å². The smallest absolute Gasteiger partial charge is 0.265 e. The lowest BCUT2D eigenvalue weighted by atomic mass is 9.78. The van der Waals surface area contributed by atoms with Gasteiger partial charge < -0.3 is 5.32 Å². The summed E-state index contributed by atoms with van der Waals surface area (Å²) in [5.41, 5.74) is 2.95. The third-order valence-corrected chi connectivity index (χ3v) is 10.5. The number of nitrogens with one attached hydrogen (secondary N) is 1. The number of hydrogen-bond acceptors (Lipinski definition) is 4. The first-order chi connectivity index (χ1) is 16.7. The van der Waals surface area contributed by atoms with Crippen LogP contribution in [0.1, 0.15) is 54.1 Å². The second-order valence-electron chi connectivity index (χ2n) is 9.96. The van der Waals surface area contributed by atoms with Crippen LogP contribution in [0, 0.1) is 0 Å². The highest BCUT2D eigenvalue weighted by Crippen LogP contribution is 2.37. The predicted octanol–water partition coefficient (Wildman–Crippen LogP) is 8.07. The maximum atomic E-state index is 13.2. The van der Waals surface area contributed by atoms with Crippen molar-refractivity contribution in [1.82, 2.24) is 0 Å². The van der Waals surface area contributed by atoms with Crippen molar-refractivity contribution >= 4 is 66.1 Å². The fourth-order valence-electron chi connectivity index (χ4n) is 3.99. The quantitative estimate of drug-likeness (QED) is 0.259. The zero-order chi connectivity index (χ0) is 26.5. The predicted molar refractivity (Wildman–Crippen MR) is 153 cm³/mol. The molecule has 1 amide bonds. The molecule has 0 unspecified atom stereocenters. The SMILES string of the molecule is CC(C)(c1ccc(Cl)cc1)c1cc(Cl)cc(NC(=O)c2cc3cc(C(C)(C)S(C)(=O)=O)ccc3s2)c1. The summed E-state index contributed by atoms with van der Waals surface area (Å²) in [6.07, 6.45) is 1.23. The molecule has 0 radical (unpaired) electrons. The lowest BCUT2D eigenvalue weighted by Gasteiger charge is -2.27. The van der Waals surface area contributed by atoms with Gasteiger partial charge in [-0.2, -0.15) is 0 Å². The largest absolute Gasteiger partial charge is 0.321 e. The Balaban J connectivity index is 1.63. The maximum Gasteiger partial charge on any atom is 0.265 e. The Morgan fingerprint density at radius 3 is 2.08 bits per heavy atom. The van der Waals surface area contributed by atoms with Gasteiger partial charge in [-0.25, -0.2) is 8.42 Å². The molecule has 0 aliphatic heterocycles. The molecule has 0 saturated heterocycles. The molecule has 4 aromatic rings. The number of halogens is 2. The van der Waals surface area contributed by atoms with E-state index in [0.717, 1.165) is 21.2 Å². The molecule has 1 aromatic heterocycles. The van der Waals surface area contributed by atoms with Crippen molar-refractivity contribution in [3.8, 4) is 0 Å². The highest BCUT2D eigenvalue weighted by atomic mass is 35.5. The average molecular weight is 561 g/mol. The van der Waals surface area contributed by atoms with Crippen LogP contribution in [-0.2, 0) is 20.0 Å². The molecule has 0 fully saturated rings. The number of rotatable bonds is 6. The molecule has 36 heavy (non-hydrogen) atoms. The van der Waals surface area contributed by atoms with E-state index in [1.165, 1.54) is 17.6 Å². The van der Waals surface area contributed by atoms with Crippen LogP contribution in [0.15, 0.2) is 66.7 Å². The van der Waals surface area contributed by atoms with E-state index >= 15 is 0 Å². The molecule has 0 atom stereocenters. The Hall–Kier alpha value is -2.38. The van der Waals surface area contributed by atoms with Gasteiger partial charge in [0.05, 0.1) is 9.62 Å². The van der Waals surface area contributed by atoms with E-state index in [-0.39, 0.29) is 11.3 Å². The number of amides is 1. The molecule has 0 spiro atoms. The van der Waals surface area contributed by atoms with E-state index in [1.54, 1.807) is 26.0 Å². The number of anilines is 1. The maximum absolute atomic E-state index is 13.2. The first kappa shape index (κ1) is 26.7. The number of sulfone groups is 1. The van der Waals surface area contributed by atoms with E-state index in [2.05, 4.69) is 19.2 Å². The number of hydrogen-bond donors (Lipinski definition) is 1. The Bertz CT molecular complexity index is 1570. The molecule has 0 aliphatic carbocycles. The molecule has 3 aromatic carbocycles. The van der Waals surface area contributed by atoms with Gasteiger partial charge >= 0.3 is 0 Å².